The van der Waals surface area contributed by atoms with Crippen LogP contribution in [0.1, 0.15) is 27.7 Å². The van der Waals surface area contributed by atoms with Crippen molar-refractivity contribution in [1.82, 2.24) is 5.32 Å². The van der Waals surface area contributed by atoms with Crippen molar-refractivity contribution in [3.05, 3.63) is 29.8 Å². The molecule has 1 unspecified atom stereocenters. The number of rotatable bonds is 7. The number of halogens is 2. The molecule has 0 bridgehead atoms. The molecule has 1 aromatic carbocycles. The zero-order chi connectivity index (χ0) is 16.0. The molecule has 6 heteroatoms. The van der Waals surface area contributed by atoms with Gasteiger partial charge < -0.3 is 9.47 Å². The van der Waals surface area contributed by atoms with Gasteiger partial charge in [0.15, 0.2) is 11.6 Å². The van der Waals surface area contributed by atoms with Crippen LogP contribution in [0, 0.1) is 11.6 Å². The highest BCUT2D eigenvalue weighted by molar-refractivity contribution is 5.80. The van der Waals surface area contributed by atoms with Gasteiger partial charge in [0.25, 0.3) is 0 Å². The van der Waals surface area contributed by atoms with Crippen LogP contribution >= 0.6 is 0 Å². The van der Waals surface area contributed by atoms with Gasteiger partial charge in [-0.05, 0) is 39.8 Å². The number of nitrogens with one attached hydrogen (secondary N) is 1. The van der Waals surface area contributed by atoms with E-state index in [1.165, 1.54) is 12.1 Å². The highest BCUT2D eigenvalue weighted by Gasteiger charge is 2.36. The lowest BCUT2D eigenvalue weighted by Crippen LogP contribution is -2.57. The van der Waals surface area contributed by atoms with Crippen LogP contribution in [0.25, 0.3) is 0 Å². The van der Waals surface area contributed by atoms with E-state index < -0.39 is 23.1 Å². The molecule has 0 spiro atoms. The average molecular weight is 301 g/mol. The summed E-state index contributed by atoms with van der Waals surface area (Å²) in [6.07, 6.45) is 0. The van der Waals surface area contributed by atoms with Crippen molar-refractivity contribution in [2.75, 3.05) is 13.2 Å². The summed E-state index contributed by atoms with van der Waals surface area (Å²) in [5, 5.41) is 3.03. The van der Waals surface area contributed by atoms with E-state index in [1.54, 1.807) is 13.8 Å². The molecule has 0 aromatic heterocycles. The first-order chi connectivity index (χ1) is 9.80. The number of esters is 1. The van der Waals surface area contributed by atoms with Crippen molar-refractivity contribution in [2.45, 2.75) is 39.3 Å². The SMILES string of the molecule is CCOC(=O)C(C)(COc1cccc(F)c1F)NC(C)C. The third-order valence-corrected chi connectivity index (χ3v) is 2.77. The van der Waals surface area contributed by atoms with Crippen molar-refractivity contribution in [2.24, 2.45) is 0 Å². The quantitative estimate of drug-likeness (QED) is 0.787. The van der Waals surface area contributed by atoms with Crippen LogP contribution in [0.2, 0.25) is 0 Å². The molecule has 0 saturated heterocycles. The molecule has 0 aliphatic heterocycles. The molecule has 0 radical (unpaired) electrons. The molecule has 0 fully saturated rings. The van der Waals surface area contributed by atoms with Crippen molar-refractivity contribution in [3.63, 3.8) is 0 Å². The van der Waals surface area contributed by atoms with Gasteiger partial charge in [-0.15, -0.1) is 0 Å². The molecule has 118 valence electrons. The van der Waals surface area contributed by atoms with Crippen molar-refractivity contribution in [3.8, 4) is 5.75 Å². The Balaban J connectivity index is 2.86. The standard InChI is InChI=1S/C15H21F2NO3/c1-5-20-14(19)15(4,18-10(2)3)9-21-12-8-6-7-11(16)13(12)17/h6-8,10,18H,5,9H2,1-4H3. The largest absolute Gasteiger partial charge is 0.488 e. The Morgan fingerprint density at radius 3 is 2.62 bits per heavy atom. The summed E-state index contributed by atoms with van der Waals surface area (Å²) in [5.74, 6) is -2.82. The molecular weight excluding hydrogens is 280 g/mol. The predicted molar refractivity (Wildman–Crippen MR) is 75.2 cm³/mol. The fourth-order valence-corrected chi connectivity index (χ4v) is 1.90. The van der Waals surface area contributed by atoms with Gasteiger partial charge in [0.05, 0.1) is 6.61 Å². The van der Waals surface area contributed by atoms with Gasteiger partial charge in [-0.3, -0.25) is 5.32 Å². The van der Waals surface area contributed by atoms with E-state index in [-0.39, 0.29) is 25.0 Å². The zero-order valence-electron chi connectivity index (χ0n) is 12.7. The summed E-state index contributed by atoms with van der Waals surface area (Å²) < 4.78 is 37.0. The van der Waals surface area contributed by atoms with Gasteiger partial charge in [-0.2, -0.15) is 4.39 Å². The Morgan fingerprint density at radius 1 is 1.38 bits per heavy atom. The van der Waals surface area contributed by atoms with Gasteiger partial charge in [-0.25, -0.2) is 9.18 Å². The van der Waals surface area contributed by atoms with E-state index in [9.17, 15) is 13.6 Å². The lowest BCUT2D eigenvalue weighted by atomic mass is 10.0. The molecule has 0 saturated carbocycles. The van der Waals surface area contributed by atoms with Crippen LogP contribution in [0.15, 0.2) is 18.2 Å². The molecule has 0 amide bonds. The first-order valence-electron chi connectivity index (χ1n) is 6.82. The molecular formula is C15H21F2NO3. The van der Waals surface area contributed by atoms with Gasteiger partial charge in [0.1, 0.15) is 12.1 Å². The highest BCUT2D eigenvalue weighted by Crippen LogP contribution is 2.21. The Bertz CT molecular complexity index is 494. The average Bonchev–Trinajstić information content (AvgIpc) is 2.40. The summed E-state index contributed by atoms with van der Waals surface area (Å²) in [5.41, 5.74) is -1.15. The summed E-state index contributed by atoms with van der Waals surface area (Å²) in [4.78, 5) is 12.0. The maximum absolute atomic E-state index is 13.6. The monoisotopic (exact) mass is 301 g/mol. The molecule has 1 aromatic rings. The normalized spacial score (nSPS) is 13.9. The van der Waals surface area contributed by atoms with E-state index in [0.717, 1.165) is 6.07 Å². The van der Waals surface area contributed by atoms with E-state index in [0.29, 0.717) is 0 Å². The fraction of sp³-hybridized carbons (Fsp3) is 0.533. The molecule has 21 heavy (non-hydrogen) atoms. The van der Waals surface area contributed by atoms with Crippen molar-refractivity contribution in [1.29, 1.82) is 0 Å². The van der Waals surface area contributed by atoms with Crippen LogP contribution in [-0.2, 0) is 9.53 Å². The maximum atomic E-state index is 13.6. The Hall–Kier alpha value is -1.69. The summed E-state index contributed by atoms with van der Waals surface area (Å²) in [6, 6.07) is 3.63. The second-order valence-corrected chi connectivity index (χ2v) is 5.19. The van der Waals surface area contributed by atoms with E-state index >= 15 is 0 Å². The third kappa shape index (κ3) is 4.67. The molecule has 1 N–H and O–H groups in total. The summed E-state index contributed by atoms with van der Waals surface area (Å²) in [7, 11) is 0. The number of ether oxygens (including phenoxy) is 2. The van der Waals surface area contributed by atoms with Crippen LogP contribution in [-0.4, -0.2) is 30.8 Å². The van der Waals surface area contributed by atoms with Gasteiger partial charge >= 0.3 is 5.97 Å². The topological polar surface area (TPSA) is 47.6 Å². The number of hydrogen-bond acceptors (Lipinski definition) is 4. The number of carbonyl (C=O) groups is 1. The number of hydrogen-bond donors (Lipinski definition) is 1. The molecule has 4 nitrogen and oxygen atoms in total. The Morgan fingerprint density at radius 2 is 2.05 bits per heavy atom. The van der Waals surface area contributed by atoms with Gasteiger partial charge in [-0.1, -0.05) is 6.07 Å². The van der Waals surface area contributed by atoms with Crippen molar-refractivity contribution >= 4 is 5.97 Å². The molecule has 0 aliphatic rings. The van der Waals surface area contributed by atoms with Crippen LogP contribution in [0.4, 0.5) is 8.78 Å². The fourth-order valence-electron chi connectivity index (χ4n) is 1.90. The number of benzene rings is 1. The Labute approximate surface area is 123 Å². The minimum Gasteiger partial charge on any atom is -0.488 e. The third-order valence-electron chi connectivity index (χ3n) is 2.77. The lowest BCUT2D eigenvalue weighted by Gasteiger charge is -2.30. The van der Waals surface area contributed by atoms with Crippen LogP contribution in [0.3, 0.4) is 0 Å². The molecule has 1 rings (SSSR count). The summed E-state index contributed by atoms with van der Waals surface area (Å²) >= 11 is 0. The first kappa shape index (κ1) is 17.4. The second kappa shape index (κ2) is 7.36. The molecule has 0 aliphatic carbocycles. The van der Waals surface area contributed by atoms with Crippen LogP contribution in [0.5, 0.6) is 5.75 Å². The molecule has 1 atom stereocenters. The Kier molecular flexibility index (Phi) is 6.08. The van der Waals surface area contributed by atoms with Gasteiger partial charge in [0, 0.05) is 6.04 Å². The molecule has 0 heterocycles. The highest BCUT2D eigenvalue weighted by atomic mass is 19.2. The minimum absolute atomic E-state index is 0.0136. The number of carbonyl (C=O) groups excluding carboxylic acids is 1. The van der Waals surface area contributed by atoms with Crippen molar-refractivity contribution < 1.29 is 23.0 Å². The van der Waals surface area contributed by atoms with E-state index in [1.807, 2.05) is 13.8 Å². The van der Waals surface area contributed by atoms with Crippen LogP contribution < -0.4 is 10.1 Å². The smallest absolute Gasteiger partial charge is 0.329 e. The first-order valence-corrected chi connectivity index (χ1v) is 6.82. The van der Waals surface area contributed by atoms with Gasteiger partial charge in [0.2, 0.25) is 5.82 Å². The predicted octanol–water partition coefficient (Wildman–Crippen LogP) is 2.66. The second-order valence-electron chi connectivity index (χ2n) is 5.19. The lowest BCUT2D eigenvalue weighted by molar-refractivity contribution is -0.152. The van der Waals surface area contributed by atoms with E-state index in [2.05, 4.69) is 5.32 Å². The summed E-state index contributed by atoms with van der Waals surface area (Å²) in [6.45, 7) is 7.07. The van der Waals surface area contributed by atoms with E-state index in [4.69, 9.17) is 9.47 Å². The zero-order valence-corrected chi connectivity index (χ0v) is 12.7. The minimum atomic E-state index is -1.15. The maximum Gasteiger partial charge on any atom is 0.329 e.